The summed E-state index contributed by atoms with van der Waals surface area (Å²) in [5.74, 6) is -3.27. The summed E-state index contributed by atoms with van der Waals surface area (Å²) in [5, 5.41) is 19.8. The Hall–Kier alpha value is -2.57. The van der Waals surface area contributed by atoms with Crippen LogP contribution in [0.5, 0.6) is 5.75 Å². The van der Waals surface area contributed by atoms with Gasteiger partial charge in [-0.05, 0) is 6.07 Å². The van der Waals surface area contributed by atoms with E-state index in [1.54, 1.807) is 24.3 Å². The molecule has 1 aliphatic rings. The molecule has 7 heteroatoms. The number of ether oxygens (including phenoxy) is 1. The van der Waals surface area contributed by atoms with Gasteiger partial charge in [0.15, 0.2) is 0 Å². The van der Waals surface area contributed by atoms with Gasteiger partial charge in [0.2, 0.25) is 5.91 Å². The Morgan fingerprint density at radius 2 is 2.00 bits per heavy atom. The smallest absolute Gasteiger partial charge is 0.326 e. The van der Waals surface area contributed by atoms with E-state index in [1.807, 2.05) is 0 Å². The number of benzene rings is 1. The molecular formula is C13H13NO6. The minimum absolute atomic E-state index is 0.116. The minimum Gasteiger partial charge on any atom is -0.492 e. The standard InChI is InChI=1S/C13H13NO6/c15-11(16)5-9(13(18)19)14-12(17)8-6-20-10-4-2-1-3-7(8)10/h1-4,8-9H,5-6H2,(H,14,17)(H,15,16)(H,18,19)/t8?,9-/m0/s1. The van der Waals surface area contributed by atoms with Crippen molar-refractivity contribution in [2.24, 2.45) is 0 Å². The second-order valence-corrected chi connectivity index (χ2v) is 4.40. The van der Waals surface area contributed by atoms with Gasteiger partial charge in [0.1, 0.15) is 24.3 Å². The zero-order valence-corrected chi connectivity index (χ0v) is 10.4. The third-order valence-electron chi connectivity index (χ3n) is 3.01. The van der Waals surface area contributed by atoms with Gasteiger partial charge in [0.05, 0.1) is 6.42 Å². The average molecular weight is 279 g/mol. The minimum atomic E-state index is -1.45. The molecule has 106 valence electrons. The van der Waals surface area contributed by atoms with Gasteiger partial charge in [0.25, 0.3) is 0 Å². The van der Waals surface area contributed by atoms with Crippen molar-refractivity contribution >= 4 is 17.8 Å². The summed E-state index contributed by atoms with van der Waals surface area (Å²) in [4.78, 5) is 33.6. The summed E-state index contributed by atoms with van der Waals surface area (Å²) in [6.07, 6.45) is -0.670. The fraction of sp³-hybridized carbons (Fsp3) is 0.308. The van der Waals surface area contributed by atoms with Crippen LogP contribution in [-0.2, 0) is 14.4 Å². The Kier molecular flexibility index (Phi) is 3.88. The Balaban J connectivity index is 2.09. The van der Waals surface area contributed by atoms with Gasteiger partial charge < -0.3 is 20.3 Å². The van der Waals surface area contributed by atoms with E-state index < -0.39 is 36.2 Å². The van der Waals surface area contributed by atoms with Crippen LogP contribution >= 0.6 is 0 Å². The number of aliphatic carboxylic acids is 2. The van der Waals surface area contributed by atoms with Gasteiger partial charge in [-0.25, -0.2) is 4.79 Å². The Morgan fingerprint density at radius 3 is 2.65 bits per heavy atom. The molecule has 0 aliphatic carbocycles. The van der Waals surface area contributed by atoms with Crippen LogP contribution < -0.4 is 10.1 Å². The Morgan fingerprint density at radius 1 is 1.30 bits per heavy atom. The molecule has 2 rings (SSSR count). The summed E-state index contributed by atoms with van der Waals surface area (Å²) >= 11 is 0. The topological polar surface area (TPSA) is 113 Å². The van der Waals surface area contributed by atoms with E-state index in [9.17, 15) is 14.4 Å². The second-order valence-electron chi connectivity index (χ2n) is 4.40. The number of para-hydroxylation sites is 1. The number of carboxylic acid groups (broad SMARTS) is 2. The predicted molar refractivity (Wildman–Crippen MR) is 66.5 cm³/mol. The second kappa shape index (κ2) is 5.60. The van der Waals surface area contributed by atoms with Crippen LogP contribution in [0.25, 0.3) is 0 Å². The van der Waals surface area contributed by atoms with Crippen LogP contribution in [0.1, 0.15) is 17.9 Å². The van der Waals surface area contributed by atoms with Crippen molar-refractivity contribution in [2.45, 2.75) is 18.4 Å². The lowest BCUT2D eigenvalue weighted by atomic mass is 10.00. The summed E-state index contributed by atoms with van der Waals surface area (Å²) in [5.41, 5.74) is 0.671. The van der Waals surface area contributed by atoms with Gasteiger partial charge in [0, 0.05) is 5.56 Å². The number of fused-ring (bicyclic) bond motifs is 1. The van der Waals surface area contributed by atoms with Crippen molar-refractivity contribution in [1.29, 1.82) is 0 Å². The van der Waals surface area contributed by atoms with Crippen molar-refractivity contribution in [3.63, 3.8) is 0 Å². The molecule has 0 saturated heterocycles. The maximum atomic E-state index is 12.1. The highest BCUT2D eigenvalue weighted by atomic mass is 16.5. The molecule has 7 nitrogen and oxygen atoms in total. The molecule has 1 aromatic carbocycles. The van der Waals surface area contributed by atoms with Gasteiger partial charge in [-0.2, -0.15) is 0 Å². The SMILES string of the molecule is O=C(O)C[C@H](NC(=O)C1COc2ccccc21)C(=O)O. The molecule has 0 bridgehead atoms. The zero-order chi connectivity index (χ0) is 14.7. The molecule has 0 aromatic heterocycles. The van der Waals surface area contributed by atoms with Crippen molar-refractivity contribution in [3.8, 4) is 5.75 Å². The average Bonchev–Trinajstić information content (AvgIpc) is 2.81. The van der Waals surface area contributed by atoms with Gasteiger partial charge in [-0.15, -0.1) is 0 Å². The predicted octanol–water partition coefficient (Wildman–Crippen LogP) is 0.207. The van der Waals surface area contributed by atoms with Crippen molar-refractivity contribution in [1.82, 2.24) is 5.32 Å². The molecule has 3 N–H and O–H groups in total. The molecule has 2 atom stereocenters. The number of rotatable bonds is 5. The fourth-order valence-corrected chi connectivity index (χ4v) is 2.03. The van der Waals surface area contributed by atoms with E-state index in [-0.39, 0.29) is 6.61 Å². The number of nitrogens with one attached hydrogen (secondary N) is 1. The molecule has 0 fully saturated rings. The summed E-state index contributed by atoms with van der Waals surface area (Å²) in [7, 11) is 0. The largest absolute Gasteiger partial charge is 0.492 e. The highest BCUT2D eigenvalue weighted by molar-refractivity contribution is 5.91. The first kappa shape index (κ1) is 13.9. The lowest BCUT2D eigenvalue weighted by Gasteiger charge is -2.15. The third-order valence-corrected chi connectivity index (χ3v) is 3.01. The lowest BCUT2D eigenvalue weighted by Crippen LogP contribution is -2.44. The molecule has 20 heavy (non-hydrogen) atoms. The van der Waals surface area contributed by atoms with E-state index in [1.165, 1.54) is 0 Å². The highest BCUT2D eigenvalue weighted by Gasteiger charge is 2.33. The van der Waals surface area contributed by atoms with Crippen molar-refractivity contribution in [3.05, 3.63) is 29.8 Å². The van der Waals surface area contributed by atoms with Gasteiger partial charge >= 0.3 is 11.9 Å². The highest BCUT2D eigenvalue weighted by Crippen LogP contribution is 2.33. The number of amides is 1. The summed E-state index contributed by atoms with van der Waals surface area (Å²) < 4.78 is 5.33. The summed E-state index contributed by atoms with van der Waals surface area (Å²) in [6, 6.07) is 5.50. The third kappa shape index (κ3) is 2.87. The first-order valence-electron chi connectivity index (χ1n) is 5.95. The first-order chi connectivity index (χ1) is 9.49. The van der Waals surface area contributed by atoms with Crippen LogP contribution in [0.15, 0.2) is 24.3 Å². The number of carboxylic acids is 2. The van der Waals surface area contributed by atoms with Crippen molar-refractivity contribution < 1.29 is 29.3 Å². The van der Waals surface area contributed by atoms with E-state index in [0.29, 0.717) is 11.3 Å². The molecular weight excluding hydrogens is 266 g/mol. The normalized spacial score (nSPS) is 17.7. The maximum absolute atomic E-state index is 12.1. The van der Waals surface area contributed by atoms with Crippen molar-refractivity contribution in [2.75, 3.05) is 6.61 Å². The molecule has 0 saturated carbocycles. The lowest BCUT2D eigenvalue weighted by molar-refractivity contribution is -0.147. The van der Waals surface area contributed by atoms with Crippen LogP contribution in [-0.4, -0.2) is 40.7 Å². The van der Waals surface area contributed by atoms with Gasteiger partial charge in [-0.3, -0.25) is 9.59 Å². The molecule has 1 heterocycles. The number of hydrogen-bond donors (Lipinski definition) is 3. The molecule has 1 aromatic rings. The van der Waals surface area contributed by atoms with E-state index in [2.05, 4.69) is 5.32 Å². The number of carbonyl (C=O) groups excluding carboxylic acids is 1. The first-order valence-corrected chi connectivity index (χ1v) is 5.95. The molecule has 1 unspecified atom stereocenters. The monoisotopic (exact) mass is 279 g/mol. The molecule has 1 amide bonds. The summed E-state index contributed by atoms with van der Waals surface area (Å²) in [6.45, 7) is 0.116. The van der Waals surface area contributed by atoms with Crippen LogP contribution in [0, 0.1) is 0 Å². The molecule has 0 spiro atoms. The van der Waals surface area contributed by atoms with Crippen LogP contribution in [0.4, 0.5) is 0 Å². The Labute approximate surface area is 114 Å². The van der Waals surface area contributed by atoms with Gasteiger partial charge in [-0.1, -0.05) is 18.2 Å². The molecule has 1 aliphatic heterocycles. The van der Waals surface area contributed by atoms with Crippen LogP contribution in [0.2, 0.25) is 0 Å². The van der Waals surface area contributed by atoms with Crippen LogP contribution in [0.3, 0.4) is 0 Å². The zero-order valence-electron chi connectivity index (χ0n) is 10.4. The van der Waals surface area contributed by atoms with E-state index in [4.69, 9.17) is 14.9 Å². The maximum Gasteiger partial charge on any atom is 0.326 e. The quantitative estimate of drug-likeness (QED) is 0.710. The number of hydrogen-bond acceptors (Lipinski definition) is 4. The molecule has 0 radical (unpaired) electrons. The fourth-order valence-electron chi connectivity index (χ4n) is 2.03. The van der Waals surface area contributed by atoms with E-state index in [0.717, 1.165) is 0 Å². The van der Waals surface area contributed by atoms with E-state index >= 15 is 0 Å². The Bertz CT molecular complexity index is 556. The number of carbonyl (C=O) groups is 3.